The smallest absolute Gasteiger partial charge is 0.239 e. The van der Waals surface area contributed by atoms with Crippen molar-refractivity contribution in [3.8, 4) is 0 Å². The van der Waals surface area contributed by atoms with Gasteiger partial charge < -0.3 is 21.5 Å². The highest BCUT2D eigenvalue weighted by Gasteiger charge is 2.10. The lowest BCUT2D eigenvalue weighted by Gasteiger charge is -2.12. The number of hydrogen-bond acceptors (Lipinski definition) is 6. The van der Waals surface area contributed by atoms with Crippen molar-refractivity contribution in [1.82, 2.24) is 9.97 Å². The van der Waals surface area contributed by atoms with Gasteiger partial charge in [-0.05, 0) is 13.8 Å². The molecule has 0 bridgehead atoms. The zero-order valence-electron chi connectivity index (χ0n) is 9.93. The van der Waals surface area contributed by atoms with Crippen molar-refractivity contribution in [2.24, 2.45) is 5.73 Å². The van der Waals surface area contributed by atoms with Crippen LogP contribution in [0.5, 0.6) is 0 Å². The van der Waals surface area contributed by atoms with Gasteiger partial charge in [0, 0.05) is 12.7 Å². The van der Waals surface area contributed by atoms with Gasteiger partial charge in [-0.2, -0.15) is 0 Å². The van der Waals surface area contributed by atoms with Crippen molar-refractivity contribution in [2.75, 3.05) is 17.7 Å². The second-order valence-corrected chi connectivity index (χ2v) is 3.50. The van der Waals surface area contributed by atoms with E-state index in [0.29, 0.717) is 24.1 Å². The molecule has 0 aliphatic rings. The monoisotopic (exact) mass is 239 g/mol. The van der Waals surface area contributed by atoms with E-state index in [1.54, 1.807) is 6.92 Å². The highest BCUT2D eigenvalue weighted by Crippen LogP contribution is 2.10. The van der Waals surface area contributed by atoms with E-state index in [9.17, 15) is 4.79 Å². The molecule has 0 spiro atoms. The zero-order valence-corrected chi connectivity index (χ0v) is 9.93. The summed E-state index contributed by atoms with van der Waals surface area (Å²) < 4.78 is 5.18. The summed E-state index contributed by atoms with van der Waals surface area (Å²) in [4.78, 5) is 19.1. The molecule has 0 saturated heterocycles. The van der Waals surface area contributed by atoms with Crippen LogP contribution < -0.4 is 16.8 Å². The summed E-state index contributed by atoms with van der Waals surface area (Å²) >= 11 is 0. The van der Waals surface area contributed by atoms with E-state index >= 15 is 0 Å². The molecule has 1 amide bonds. The van der Waals surface area contributed by atoms with E-state index in [2.05, 4.69) is 15.3 Å². The number of primary amides is 1. The third-order valence-corrected chi connectivity index (χ3v) is 2.02. The van der Waals surface area contributed by atoms with Crippen LogP contribution in [0.2, 0.25) is 0 Å². The molecule has 17 heavy (non-hydrogen) atoms. The van der Waals surface area contributed by atoms with Gasteiger partial charge in [0.15, 0.2) is 5.82 Å². The number of nitrogens with one attached hydrogen (secondary N) is 1. The maximum atomic E-state index is 10.9. The van der Waals surface area contributed by atoms with E-state index in [0.717, 1.165) is 0 Å². The fourth-order valence-corrected chi connectivity index (χ4v) is 1.14. The number of ether oxygens (including phenoxy) is 1. The van der Waals surface area contributed by atoms with E-state index in [1.807, 2.05) is 6.92 Å². The molecule has 0 saturated carbocycles. The van der Waals surface area contributed by atoms with Crippen LogP contribution in [0.4, 0.5) is 11.6 Å². The Labute approximate surface area is 99.6 Å². The maximum Gasteiger partial charge on any atom is 0.239 e. The fraction of sp³-hybridized carbons (Fsp3) is 0.500. The molecule has 0 aliphatic heterocycles. The number of carbonyl (C=O) groups excluding carboxylic acids is 1. The van der Waals surface area contributed by atoms with Crippen LogP contribution in [0.15, 0.2) is 6.07 Å². The Balaban J connectivity index is 2.78. The van der Waals surface area contributed by atoms with Crippen LogP contribution in [-0.2, 0) is 16.1 Å². The van der Waals surface area contributed by atoms with Gasteiger partial charge in [-0.15, -0.1) is 0 Å². The summed E-state index contributed by atoms with van der Waals surface area (Å²) in [5.41, 5.74) is 10.8. The van der Waals surface area contributed by atoms with Gasteiger partial charge in [0.2, 0.25) is 5.91 Å². The first-order chi connectivity index (χ1) is 8.02. The molecule has 0 fully saturated rings. The minimum absolute atomic E-state index is 0.279. The molecular formula is C10H17N5O2. The second kappa shape index (κ2) is 6.00. The molecule has 1 heterocycles. The molecule has 1 aromatic rings. The third kappa shape index (κ3) is 4.23. The highest BCUT2D eigenvalue weighted by molar-refractivity contribution is 5.82. The van der Waals surface area contributed by atoms with Gasteiger partial charge in [0.05, 0.1) is 0 Å². The van der Waals surface area contributed by atoms with Gasteiger partial charge in [-0.1, -0.05) is 0 Å². The molecule has 0 aliphatic carbocycles. The van der Waals surface area contributed by atoms with Crippen molar-refractivity contribution in [3.05, 3.63) is 11.9 Å². The molecule has 5 N–H and O–H groups in total. The fourth-order valence-electron chi connectivity index (χ4n) is 1.14. The van der Waals surface area contributed by atoms with Crippen molar-refractivity contribution in [1.29, 1.82) is 0 Å². The Morgan fingerprint density at radius 3 is 2.88 bits per heavy atom. The Kier molecular flexibility index (Phi) is 4.65. The predicted octanol–water partition coefficient (Wildman–Crippen LogP) is -0.119. The first-order valence-electron chi connectivity index (χ1n) is 5.30. The molecule has 1 unspecified atom stereocenters. The van der Waals surface area contributed by atoms with E-state index in [-0.39, 0.29) is 6.61 Å². The third-order valence-electron chi connectivity index (χ3n) is 2.02. The molecular weight excluding hydrogens is 222 g/mol. The lowest BCUT2D eigenvalue weighted by atomic mass is 10.3. The van der Waals surface area contributed by atoms with Crippen molar-refractivity contribution in [3.63, 3.8) is 0 Å². The van der Waals surface area contributed by atoms with Crippen LogP contribution in [0.3, 0.4) is 0 Å². The molecule has 7 nitrogen and oxygen atoms in total. The quantitative estimate of drug-likeness (QED) is 0.637. The number of aromatic nitrogens is 2. The summed E-state index contributed by atoms with van der Waals surface area (Å²) in [6.45, 7) is 4.36. The number of nitrogens with two attached hydrogens (primary N) is 2. The van der Waals surface area contributed by atoms with Crippen LogP contribution in [-0.4, -0.2) is 28.5 Å². The van der Waals surface area contributed by atoms with Crippen LogP contribution in [0.25, 0.3) is 0 Å². The first-order valence-corrected chi connectivity index (χ1v) is 5.30. The van der Waals surface area contributed by atoms with Crippen molar-refractivity contribution in [2.45, 2.75) is 26.5 Å². The Bertz CT molecular complexity index is 396. The van der Waals surface area contributed by atoms with Gasteiger partial charge in [-0.3, -0.25) is 4.79 Å². The number of rotatable bonds is 6. The minimum Gasteiger partial charge on any atom is -0.384 e. The summed E-state index contributed by atoms with van der Waals surface area (Å²) in [5, 5.41) is 2.84. The summed E-state index contributed by atoms with van der Waals surface area (Å²) in [5.74, 6) is 0.770. The number of nitrogens with zero attached hydrogens (tertiary/aromatic N) is 2. The topological polar surface area (TPSA) is 116 Å². The molecule has 1 atom stereocenters. The van der Waals surface area contributed by atoms with E-state index < -0.39 is 11.9 Å². The highest BCUT2D eigenvalue weighted by atomic mass is 16.5. The number of anilines is 2. The Morgan fingerprint density at radius 1 is 1.59 bits per heavy atom. The number of nitrogen functional groups attached to an aromatic ring is 1. The molecule has 94 valence electrons. The Morgan fingerprint density at radius 2 is 2.29 bits per heavy atom. The molecule has 0 aromatic carbocycles. The Hall–Kier alpha value is -1.89. The van der Waals surface area contributed by atoms with Crippen LogP contribution in [0.1, 0.15) is 19.7 Å². The van der Waals surface area contributed by atoms with Crippen molar-refractivity contribution >= 4 is 17.5 Å². The number of hydrogen-bond donors (Lipinski definition) is 3. The second-order valence-electron chi connectivity index (χ2n) is 3.50. The predicted molar refractivity (Wildman–Crippen MR) is 64.1 cm³/mol. The van der Waals surface area contributed by atoms with Gasteiger partial charge in [0.25, 0.3) is 0 Å². The lowest BCUT2D eigenvalue weighted by molar-refractivity contribution is -0.118. The summed E-state index contributed by atoms with van der Waals surface area (Å²) in [6.07, 6.45) is 0. The average Bonchev–Trinajstić information content (AvgIpc) is 2.25. The van der Waals surface area contributed by atoms with Crippen LogP contribution in [0, 0.1) is 0 Å². The SMILES string of the molecule is CCOCc1nc(N)cc(NC(C)C(N)=O)n1. The van der Waals surface area contributed by atoms with Crippen molar-refractivity contribution < 1.29 is 9.53 Å². The lowest BCUT2D eigenvalue weighted by Crippen LogP contribution is -2.32. The first kappa shape index (κ1) is 13.2. The molecule has 1 rings (SSSR count). The van der Waals surface area contributed by atoms with Gasteiger partial charge >= 0.3 is 0 Å². The van der Waals surface area contributed by atoms with E-state index in [4.69, 9.17) is 16.2 Å². The van der Waals surface area contributed by atoms with Gasteiger partial charge in [-0.25, -0.2) is 9.97 Å². The molecule has 7 heteroatoms. The number of carbonyl (C=O) groups is 1. The van der Waals surface area contributed by atoms with Crippen LogP contribution >= 0.6 is 0 Å². The largest absolute Gasteiger partial charge is 0.384 e. The minimum atomic E-state index is -0.524. The van der Waals surface area contributed by atoms with Gasteiger partial charge in [0.1, 0.15) is 24.3 Å². The average molecular weight is 239 g/mol. The normalized spacial score (nSPS) is 12.1. The molecule has 1 aromatic heterocycles. The van der Waals surface area contributed by atoms with E-state index in [1.165, 1.54) is 6.07 Å². The summed E-state index contributed by atoms with van der Waals surface area (Å²) in [6, 6.07) is 1.01. The maximum absolute atomic E-state index is 10.9. The zero-order chi connectivity index (χ0) is 12.8. The standard InChI is InChI=1S/C10H17N5O2/c1-3-17-5-9-14-7(11)4-8(15-9)13-6(2)10(12)16/h4,6H,3,5H2,1-2H3,(H2,12,16)(H3,11,13,14,15). The number of amides is 1. The summed E-state index contributed by atoms with van der Waals surface area (Å²) in [7, 11) is 0. The molecule has 0 radical (unpaired) electrons.